The van der Waals surface area contributed by atoms with Crippen LogP contribution in [0.15, 0.2) is 20.4 Å². The number of hydrogen-bond donors (Lipinski definition) is 2. The Morgan fingerprint density at radius 1 is 1.10 bits per heavy atom. The molecule has 10 heteroatoms. The zero-order valence-electron chi connectivity index (χ0n) is 17.1. The summed E-state index contributed by atoms with van der Waals surface area (Å²) in [6.07, 6.45) is 1.36. The van der Waals surface area contributed by atoms with Gasteiger partial charge in [-0.3, -0.25) is 10.1 Å². The number of carbonyl (C=O) groups excluding carboxylic acids is 1. The summed E-state index contributed by atoms with van der Waals surface area (Å²) in [7, 11) is 0. The van der Waals surface area contributed by atoms with Crippen molar-refractivity contribution in [3.05, 3.63) is 27.6 Å². The first-order chi connectivity index (χ1) is 14.8. The number of alkyl halides is 3. The molecule has 2 saturated carbocycles. The molecule has 0 bridgehead atoms. The minimum Gasteiger partial charge on any atom is -0.406 e. The number of fused-ring (bicyclic) bond motifs is 1. The SMILES string of the molecule is O=C1NC(ON=C2CCC(C(F)(F)F)CC2)Nc2oc(=O)cc(CCC3CCCC3)c21. The van der Waals surface area contributed by atoms with Gasteiger partial charge in [-0.15, -0.1) is 0 Å². The Hall–Kier alpha value is -2.52. The van der Waals surface area contributed by atoms with Crippen LogP contribution in [0, 0.1) is 11.8 Å². The third-order valence-corrected chi connectivity index (χ3v) is 6.40. The van der Waals surface area contributed by atoms with Gasteiger partial charge >= 0.3 is 11.8 Å². The van der Waals surface area contributed by atoms with Crippen molar-refractivity contribution >= 4 is 17.5 Å². The fourth-order valence-electron chi connectivity index (χ4n) is 4.64. The minimum absolute atomic E-state index is 0.0296. The molecule has 4 rings (SSSR count). The second-order valence-electron chi connectivity index (χ2n) is 8.56. The van der Waals surface area contributed by atoms with Crippen molar-refractivity contribution in [2.75, 3.05) is 5.32 Å². The van der Waals surface area contributed by atoms with Crippen LogP contribution in [0.25, 0.3) is 0 Å². The monoisotopic (exact) mass is 441 g/mol. The van der Waals surface area contributed by atoms with Crippen LogP contribution in [-0.4, -0.2) is 24.1 Å². The second-order valence-corrected chi connectivity index (χ2v) is 8.56. The Labute approximate surface area is 177 Å². The number of rotatable bonds is 5. The standard InChI is InChI=1S/C21H26F3N3O4/c22-21(23,24)14-7-9-15(10-8-14)27-31-20-25-18(29)17-13(6-5-12-3-1-2-4-12)11-16(28)30-19(17)26-20/h11-12,14,20,26H,1-10H2,(H,25,29). The molecule has 1 unspecified atom stereocenters. The number of carbonyl (C=O) groups is 1. The molecule has 1 atom stereocenters. The van der Waals surface area contributed by atoms with Gasteiger partial charge in [0.15, 0.2) is 0 Å². The molecule has 2 aliphatic carbocycles. The van der Waals surface area contributed by atoms with Gasteiger partial charge in [0.05, 0.1) is 11.6 Å². The van der Waals surface area contributed by atoms with Gasteiger partial charge in [0, 0.05) is 6.07 Å². The Kier molecular flexibility index (Phi) is 6.24. The molecule has 7 nitrogen and oxygen atoms in total. The first kappa shape index (κ1) is 21.7. The molecule has 0 radical (unpaired) electrons. The van der Waals surface area contributed by atoms with Crippen LogP contribution >= 0.6 is 0 Å². The molecule has 2 fully saturated rings. The van der Waals surface area contributed by atoms with E-state index in [-0.39, 0.29) is 37.1 Å². The van der Waals surface area contributed by atoms with Gasteiger partial charge < -0.3 is 14.6 Å². The fourth-order valence-corrected chi connectivity index (χ4v) is 4.64. The lowest BCUT2D eigenvalue weighted by atomic mass is 9.87. The summed E-state index contributed by atoms with van der Waals surface area (Å²) in [6.45, 7) is 0. The number of nitrogens with one attached hydrogen (secondary N) is 2. The summed E-state index contributed by atoms with van der Waals surface area (Å²) in [4.78, 5) is 29.9. The Morgan fingerprint density at radius 3 is 2.48 bits per heavy atom. The van der Waals surface area contributed by atoms with Crippen molar-refractivity contribution < 1.29 is 27.2 Å². The first-order valence-corrected chi connectivity index (χ1v) is 10.8. The van der Waals surface area contributed by atoms with Gasteiger partial charge in [-0.05, 0) is 50.0 Å². The number of hydrogen-bond acceptors (Lipinski definition) is 6. The molecule has 1 aromatic heterocycles. The van der Waals surface area contributed by atoms with E-state index in [1.165, 1.54) is 31.7 Å². The topological polar surface area (TPSA) is 92.9 Å². The van der Waals surface area contributed by atoms with E-state index >= 15 is 0 Å². The van der Waals surface area contributed by atoms with Crippen LogP contribution in [0.2, 0.25) is 0 Å². The maximum Gasteiger partial charge on any atom is 0.391 e. The first-order valence-electron chi connectivity index (χ1n) is 10.8. The normalized spacial score (nSPS) is 24.4. The van der Waals surface area contributed by atoms with Crippen molar-refractivity contribution in [3.63, 3.8) is 0 Å². The molecule has 170 valence electrons. The van der Waals surface area contributed by atoms with E-state index in [4.69, 9.17) is 9.25 Å². The third-order valence-electron chi connectivity index (χ3n) is 6.40. The van der Waals surface area contributed by atoms with Crippen LogP contribution in [0.3, 0.4) is 0 Å². The summed E-state index contributed by atoms with van der Waals surface area (Å²) in [5, 5.41) is 9.33. The van der Waals surface area contributed by atoms with E-state index in [9.17, 15) is 22.8 Å². The van der Waals surface area contributed by atoms with Crippen molar-refractivity contribution in [1.29, 1.82) is 0 Å². The zero-order chi connectivity index (χ0) is 22.0. The lowest BCUT2D eigenvalue weighted by Crippen LogP contribution is -2.47. The number of oxime groups is 1. The fraction of sp³-hybridized carbons (Fsp3) is 0.667. The number of nitrogens with zero attached hydrogens (tertiary/aromatic N) is 1. The highest BCUT2D eigenvalue weighted by Crippen LogP contribution is 2.37. The molecular formula is C21H26F3N3O4. The lowest BCUT2D eigenvalue weighted by molar-refractivity contribution is -0.178. The average Bonchev–Trinajstić information content (AvgIpc) is 3.23. The number of halogens is 3. The predicted molar refractivity (Wildman–Crippen MR) is 107 cm³/mol. The van der Waals surface area contributed by atoms with Crippen molar-refractivity contribution in [2.45, 2.75) is 76.7 Å². The molecule has 1 aromatic rings. The number of aryl methyl sites for hydroxylation is 1. The van der Waals surface area contributed by atoms with Gasteiger partial charge in [0.1, 0.15) is 5.56 Å². The summed E-state index contributed by atoms with van der Waals surface area (Å²) >= 11 is 0. The van der Waals surface area contributed by atoms with Gasteiger partial charge in [-0.2, -0.15) is 13.2 Å². The highest BCUT2D eigenvalue weighted by molar-refractivity contribution is 6.01. The Bertz CT molecular complexity index is 896. The van der Waals surface area contributed by atoms with E-state index in [0.29, 0.717) is 23.6 Å². The maximum atomic E-state index is 12.8. The molecule has 0 saturated heterocycles. The number of amides is 1. The molecule has 1 amide bonds. The zero-order valence-corrected chi connectivity index (χ0v) is 17.1. The number of anilines is 1. The van der Waals surface area contributed by atoms with E-state index in [1.54, 1.807) is 0 Å². The van der Waals surface area contributed by atoms with Crippen LogP contribution in [0.5, 0.6) is 0 Å². The second kappa shape index (κ2) is 8.92. The highest BCUT2D eigenvalue weighted by atomic mass is 19.4. The van der Waals surface area contributed by atoms with E-state index < -0.39 is 30.0 Å². The van der Waals surface area contributed by atoms with Crippen molar-refractivity contribution in [3.8, 4) is 0 Å². The summed E-state index contributed by atoms with van der Waals surface area (Å²) < 4.78 is 43.5. The molecule has 3 aliphatic rings. The molecule has 2 heterocycles. The summed E-state index contributed by atoms with van der Waals surface area (Å²) in [5.74, 6) is -1.11. The summed E-state index contributed by atoms with van der Waals surface area (Å²) in [5.41, 5.74) is 0.876. The van der Waals surface area contributed by atoms with Crippen molar-refractivity contribution in [2.24, 2.45) is 17.0 Å². The molecular weight excluding hydrogens is 415 g/mol. The van der Waals surface area contributed by atoms with Gasteiger partial charge in [-0.1, -0.05) is 30.8 Å². The molecule has 1 aliphatic heterocycles. The van der Waals surface area contributed by atoms with E-state index in [1.807, 2.05) is 0 Å². The van der Waals surface area contributed by atoms with Crippen LogP contribution in [0.1, 0.15) is 73.7 Å². The molecule has 0 aromatic carbocycles. The van der Waals surface area contributed by atoms with Crippen LogP contribution in [-0.2, 0) is 11.3 Å². The van der Waals surface area contributed by atoms with E-state index in [0.717, 1.165) is 6.42 Å². The molecule has 0 spiro atoms. The Morgan fingerprint density at radius 2 is 1.81 bits per heavy atom. The minimum atomic E-state index is -4.19. The van der Waals surface area contributed by atoms with E-state index in [2.05, 4.69) is 15.8 Å². The Balaban J connectivity index is 1.39. The average molecular weight is 441 g/mol. The quantitative estimate of drug-likeness (QED) is 0.664. The molecule has 2 N–H and O–H groups in total. The van der Waals surface area contributed by atoms with Crippen LogP contribution < -0.4 is 16.3 Å². The van der Waals surface area contributed by atoms with Gasteiger partial charge in [0.25, 0.3) is 12.3 Å². The predicted octanol–water partition coefficient (Wildman–Crippen LogP) is 4.33. The molecule has 31 heavy (non-hydrogen) atoms. The van der Waals surface area contributed by atoms with Crippen LogP contribution in [0.4, 0.5) is 19.1 Å². The highest BCUT2D eigenvalue weighted by Gasteiger charge is 2.41. The van der Waals surface area contributed by atoms with Crippen molar-refractivity contribution in [1.82, 2.24) is 5.32 Å². The third kappa shape index (κ3) is 5.22. The lowest BCUT2D eigenvalue weighted by Gasteiger charge is -2.27. The maximum absolute atomic E-state index is 12.8. The summed E-state index contributed by atoms with van der Waals surface area (Å²) in [6, 6.07) is 1.36. The van der Waals surface area contributed by atoms with Gasteiger partial charge in [-0.25, -0.2) is 4.79 Å². The van der Waals surface area contributed by atoms with Gasteiger partial charge in [0.2, 0.25) is 5.88 Å². The largest absolute Gasteiger partial charge is 0.406 e. The smallest absolute Gasteiger partial charge is 0.391 e.